The molecule has 3 heterocycles. The molecule has 0 amide bonds. The summed E-state index contributed by atoms with van der Waals surface area (Å²) in [7, 11) is 1.56. The predicted octanol–water partition coefficient (Wildman–Crippen LogP) is 6.92. The molecule has 11 heteroatoms. The van der Waals surface area contributed by atoms with Gasteiger partial charge in [0, 0.05) is 12.7 Å². The van der Waals surface area contributed by atoms with Crippen molar-refractivity contribution in [2.24, 2.45) is 0 Å². The Labute approximate surface area is 345 Å². The van der Waals surface area contributed by atoms with Crippen molar-refractivity contribution in [1.82, 2.24) is 0 Å². The van der Waals surface area contributed by atoms with Crippen molar-refractivity contribution in [2.75, 3.05) is 20.3 Å². The van der Waals surface area contributed by atoms with Gasteiger partial charge in [-0.15, -0.1) is 0 Å². The van der Waals surface area contributed by atoms with Gasteiger partial charge in [0.2, 0.25) is 0 Å². The van der Waals surface area contributed by atoms with Crippen molar-refractivity contribution in [3.05, 3.63) is 179 Å². The fourth-order valence-electron chi connectivity index (χ4n) is 7.70. The van der Waals surface area contributed by atoms with E-state index in [0.717, 1.165) is 27.8 Å². The average molecular weight is 805 g/mol. The van der Waals surface area contributed by atoms with E-state index < -0.39 is 67.7 Å². The summed E-state index contributed by atoms with van der Waals surface area (Å²) in [4.78, 5) is 0. The maximum absolute atomic E-state index is 12.4. The van der Waals surface area contributed by atoms with Crippen LogP contribution in [0, 0.1) is 0 Å². The smallest absolute Gasteiger partial charge is 0.187 e. The van der Waals surface area contributed by atoms with Gasteiger partial charge in [-0.3, -0.25) is 0 Å². The lowest BCUT2D eigenvalue weighted by Gasteiger charge is -2.51. The number of aliphatic hydroxyl groups is 1. The molecule has 1 N–H and O–H groups in total. The summed E-state index contributed by atoms with van der Waals surface area (Å²) in [6.45, 7) is 1.40. The van der Waals surface area contributed by atoms with E-state index in [0.29, 0.717) is 6.61 Å². The average Bonchev–Trinajstić information content (AvgIpc) is 3.30. The van der Waals surface area contributed by atoms with E-state index in [9.17, 15) is 5.11 Å². The third-order valence-corrected chi connectivity index (χ3v) is 10.7. The molecule has 11 nitrogen and oxygen atoms in total. The van der Waals surface area contributed by atoms with Crippen LogP contribution >= 0.6 is 0 Å². The van der Waals surface area contributed by atoms with Gasteiger partial charge < -0.3 is 52.5 Å². The molecule has 3 saturated heterocycles. The van der Waals surface area contributed by atoms with Crippen LogP contribution in [0.25, 0.3) is 0 Å². The van der Waals surface area contributed by atoms with Gasteiger partial charge in [-0.25, -0.2) is 0 Å². The van der Waals surface area contributed by atoms with Crippen LogP contribution in [0.1, 0.15) is 34.1 Å². The summed E-state index contributed by atoms with van der Waals surface area (Å²) >= 11 is 0. The molecule has 0 bridgehead atoms. The van der Waals surface area contributed by atoms with Crippen LogP contribution < -0.4 is 0 Å². The molecule has 3 aliphatic rings. The Balaban J connectivity index is 1.11. The van der Waals surface area contributed by atoms with E-state index in [4.69, 9.17) is 47.4 Å². The molecule has 0 saturated carbocycles. The molecule has 5 aromatic rings. The molecule has 0 aliphatic carbocycles. The van der Waals surface area contributed by atoms with Crippen molar-refractivity contribution in [1.29, 1.82) is 0 Å². The van der Waals surface area contributed by atoms with Gasteiger partial charge in [-0.05, 0) is 22.3 Å². The molecule has 0 aromatic heterocycles. The Hall–Kier alpha value is -4.34. The van der Waals surface area contributed by atoms with Crippen LogP contribution in [0.2, 0.25) is 0 Å². The van der Waals surface area contributed by atoms with Crippen LogP contribution in [0.3, 0.4) is 0 Å². The SMILES string of the molecule is CO[C@H]1O[C@@H]2COC(c3ccccc3)O[C@H]2[C@H](O[C@@H]2O[C@H](COCc3ccccc3)[C@@H](OCc3ccccc3)[C@H](OCc3ccccc3)[C@@H]2O)[C@@H]1OCc1ccccc1. The molecular formula is C48H52O11. The second kappa shape index (κ2) is 20.8. The Morgan fingerprint density at radius 2 is 1.02 bits per heavy atom. The van der Waals surface area contributed by atoms with Crippen LogP contribution in [-0.4, -0.2) is 86.8 Å². The van der Waals surface area contributed by atoms with E-state index in [-0.39, 0.29) is 33.0 Å². The number of fused-ring (bicyclic) bond motifs is 1. The third-order valence-electron chi connectivity index (χ3n) is 10.7. The zero-order valence-electron chi connectivity index (χ0n) is 33.1. The van der Waals surface area contributed by atoms with Crippen molar-refractivity contribution < 1.29 is 52.5 Å². The second-order valence-electron chi connectivity index (χ2n) is 14.9. The highest BCUT2D eigenvalue weighted by Crippen LogP contribution is 2.39. The number of hydrogen-bond donors (Lipinski definition) is 1. The van der Waals surface area contributed by atoms with E-state index in [1.54, 1.807) is 7.11 Å². The normalized spacial score (nSPS) is 29.4. The summed E-state index contributed by atoms with van der Waals surface area (Å²) in [6.07, 6.45) is -9.43. The first-order chi connectivity index (χ1) is 29.1. The van der Waals surface area contributed by atoms with Crippen molar-refractivity contribution >= 4 is 0 Å². The minimum absolute atomic E-state index is 0.126. The lowest BCUT2D eigenvalue weighted by Crippen LogP contribution is -2.67. The summed E-state index contributed by atoms with van der Waals surface area (Å²) < 4.78 is 65.2. The van der Waals surface area contributed by atoms with Crippen LogP contribution in [0.5, 0.6) is 0 Å². The molecule has 5 aromatic carbocycles. The summed E-state index contributed by atoms with van der Waals surface area (Å²) in [6, 6.07) is 49.2. The molecule has 8 rings (SSSR count). The first-order valence-corrected chi connectivity index (χ1v) is 20.2. The number of hydrogen-bond acceptors (Lipinski definition) is 11. The molecule has 3 aliphatic heterocycles. The maximum Gasteiger partial charge on any atom is 0.187 e. The summed E-state index contributed by atoms with van der Waals surface area (Å²) in [5.74, 6) is 0. The first kappa shape index (κ1) is 41.4. The number of ether oxygens (including phenoxy) is 10. The van der Waals surface area contributed by atoms with Gasteiger partial charge in [0.15, 0.2) is 18.9 Å². The lowest BCUT2D eigenvalue weighted by atomic mass is 9.95. The van der Waals surface area contributed by atoms with E-state index in [2.05, 4.69) is 0 Å². The molecule has 11 atom stereocenters. The Morgan fingerprint density at radius 1 is 0.525 bits per heavy atom. The van der Waals surface area contributed by atoms with Crippen LogP contribution in [0.15, 0.2) is 152 Å². The highest BCUT2D eigenvalue weighted by atomic mass is 16.8. The maximum atomic E-state index is 12.4. The third kappa shape index (κ3) is 10.7. The zero-order valence-corrected chi connectivity index (χ0v) is 33.1. The fourth-order valence-corrected chi connectivity index (χ4v) is 7.70. The van der Waals surface area contributed by atoms with Gasteiger partial charge in [0.1, 0.15) is 48.8 Å². The number of rotatable bonds is 17. The Morgan fingerprint density at radius 3 is 1.56 bits per heavy atom. The lowest BCUT2D eigenvalue weighted by molar-refractivity contribution is -0.397. The molecule has 310 valence electrons. The van der Waals surface area contributed by atoms with Crippen molar-refractivity contribution in [2.45, 2.75) is 94.1 Å². The summed E-state index contributed by atoms with van der Waals surface area (Å²) in [5.41, 5.74) is 4.72. The number of aliphatic hydroxyl groups excluding tert-OH is 1. The van der Waals surface area contributed by atoms with Gasteiger partial charge in [0.05, 0.1) is 39.6 Å². The minimum atomic E-state index is -1.31. The van der Waals surface area contributed by atoms with Gasteiger partial charge in [-0.2, -0.15) is 0 Å². The highest BCUT2D eigenvalue weighted by Gasteiger charge is 2.55. The van der Waals surface area contributed by atoms with Crippen molar-refractivity contribution in [3.63, 3.8) is 0 Å². The van der Waals surface area contributed by atoms with E-state index >= 15 is 0 Å². The minimum Gasteiger partial charge on any atom is -0.385 e. The largest absolute Gasteiger partial charge is 0.385 e. The molecular weight excluding hydrogens is 753 g/mol. The molecule has 0 radical (unpaired) electrons. The molecule has 1 unspecified atom stereocenters. The fraction of sp³-hybridized carbons (Fsp3) is 0.375. The topological polar surface area (TPSA) is 113 Å². The van der Waals surface area contributed by atoms with Crippen LogP contribution in [0.4, 0.5) is 0 Å². The molecule has 59 heavy (non-hydrogen) atoms. The highest BCUT2D eigenvalue weighted by molar-refractivity contribution is 5.18. The van der Waals surface area contributed by atoms with E-state index in [1.807, 2.05) is 152 Å². The first-order valence-electron chi connectivity index (χ1n) is 20.2. The Kier molecular flexibility index (Phi) is 14.6. The monoisotopic (exact) mass is 804 g/mol. The van der Waals surface area contributed by atoms with Gasteiger partial charge in [-0.1, -0.05) is 152 Å². The zero-order chi connectivity index (χ0) is 40.2. The number of methoxy groups -OCH3 is 1. The van der Waals surface area contributed by atoms with Gasteiger partial charge in [0.25, 0.3) is 0 Å². The number of benzene rings is 5. The quantitative estimate of drug-likeness (QED) is 0.106. The van der Waals surface area contributed by atoms with E-state index in [1.165, 1.54) is 0 Å². The van der Waals surface area contributed by atoms with Gasteiger partial charge >= 0.3 is 0 Å². The predicted molar refractivity (Wildman–Crippen MR) is 216 cm³/mol. The van der Waals surface area contributed by atoms with Crippen molar-refractivity contribution in [3.8, 4) is 0 Å². The second-order valence-corrected chi connectivity index (χ2v) is 14.9. The molecule has 0 spiro atoms. The summed E-state index contributed by atoms with van der Waals surface area (Å²) in [5, 5.41) is 12.4. The molecule has 3 fully saturated rings. The van der Waals surface area contributed by atoms with Crippen LogP contribution in [-0.2, 0) is 73.8 Å². The Bertz CT molecular complexity index is 1940. The standard InChI is InChI=1S/C48H52O11/c1-50-48-45(54-30-36-23-13-5-14-24-36)44(42-39(57-48)32-55-46(58-42)37-25-15-6-16-26-37)59-47-40(49)43(53-29-35-21-11-4-12-22-35)41(52-28-34-19-9-3-10-20-34)38(56-47)31-51-27-33-17-7-2-8-18-33/h2-26,38-49H,27-32H2,1H3/t38-,39-,40+,41-,42-,43-,44+,45+,46?,47+,48+/m1/s1.